The summed E-state index contributed by atoms with van der Waals surface area (Å²) >= 11 is 0. The molecule has 0 bridgehead atoms. The van der Waals surface area contributed by atoms with Crippen molar-refractivity contribution in [3.8, 4) is 5.75 Å². The molecule has 0 aliphatic heterocycles. The number of fused-ring (bicyclic) bond motifs is 1. The van der Waals surface area contributed by atoms with Gasteiger partial charge in [-0.2, -0.15) is 0 Å². The maximum atomic E-state index is 12.9. The van der Waals surface area contributed by atoms with Gasteiger partial charge >= 0.3 is 17.3 Å². The largest absolute Gasteiger partial charge is 0.497 e. The molecular weight excluding hydrogens is 460 g/mol. The molecule has 184 valence electrons. The van der Waals surface area contributed by atoms with Crippen molar-refractivity contribution in [3.05, 3.63) is 72.3 Å². The standard InChI is InChI=1S/C19H22N4O11/c1-12(13-3-4-15-8-16(31-2)6-5-14(15)7-13)18(24)33-19(10-20,11-32-22(27)28)9-17(21(25)26)34-23(29)30/h3-8,12,17H,9-11,20H2,1-2H3/t12-,17?,19?/m0/s1. The average molecular weight is 482 g/mol. The number of carbonyl (C=O) groups is 1. The van der Waals surface area contributed by atoms with Crippen LogP contribution < -0.4 is 10.5 Å². The minimum absolute atomic E-state index is 0.510. The zero-order valence-corrected chi connectivity index (χ0v) is 18.1. The van der Waals surface area contributed by atoms with Crippen molar-refractivity contribution < 1.29 is 39.0 Å². The van der Waals surface area contributed by atoms with E-state index >= 15 is 0 Å². The molecule has 0 saturated carbocycles. The Bertz CT molecular complexity index is 1080. The van der Waals surface area contributed by atoms with Gasteiger partial charge in [-0.05, 0) is 35.4 Å². The summed E-state index contributed by atoms with van der Waals surface area (Å²) in [7, 11) is 1.53. The minimum atomic E-state index is -2.31. The Kier molecular flexibility index (Phi) is 8.44. The molecule has 2 N–H and O–H groups in total. The molecule has 15 nitrogen and oxygen atoms in total. The first-order valence-electron chi connectivity index (χ1n) is 9.73. The van der Waals surface area contributed by atoms with Gasteiger partial charge in [-0.25, -0.2) is 4.84 Å². The van der Waals surface area contributed by atoms with Crippen molar-refractivity contribution in [1.82, 2.24) is 0 Å². The van der Waals surface area contributed by atoms with Gasteiger partial charge in [0.2, 0.25) is 0 Å². The fraction of sp³-hybridized carbons (Fsp3) is 0.421. The molecule has 0 spiro atoms. The van der Waals surface area contributed by atoms with Crippen LogP contribution in [0.5, 0.6) is 5.75 Å². The van der Waals surface area contributed by atoms with E-state index < -0.39 is 58.4 Å². The van der Waals surface area contributed by atoms with E-state index in [1.54, 1.807) is 36.4 Å². The highest BCUT2D eigenvalue weighted by atomic mass is 17.0. The number of hydrogen-bond acceptors (Lipinski definition) is 12. The fourth-order valence-corrected chi connectivity index (χ4v) is 3.13. The summed E-state index contributed by atoms with van der Waals surface area (Å²) in [6.45, 7) is -0.193. The topological polar surface area (TPSA) is 209 Å². The third-order valence-electron chi connectivity index (χ3n) is 5.04. The Morgan fingerprint density at radius 1 is 1.06 bits per heavy atom. The molecule has 0 saturated heterocycles. The third kappa shape index (κ3) is 6.61. The molecule has 2 unspecified atom stereocenters. The maximum absolute atomic E-state index is 12.9. The highest BCUT2D eigenvalue weighted by Gasteiger charge is 2.44. The molecular formula is C19H22N4O11. The Morgan fingerprint density at radius 2 is 1.71 bits per heavy atom. The molecule has 34 heavy (non-hydrogen) atoms. The van der Waals surface area contributed by atoms with E-state index in [2.05, 4.69) is 9.68 Å². The second-order valence-electron chi connectivity index (χ2n) is 7.27. The summed E-state index contributed by atoms with van der Waals surface area (Å²) in [5, 5.41) is 31.5. The molecule has 0 fully saturated rings. The van der Waals surface area contributed by atoms with E-state index in [1.165, 1.54) is 14.0 Å². The molecule has 2 aromatic carbocycles. The SMILES string of the molecule is COc1ccc2cc([C@H](C)C(=O)OC(CN)(CO[N+](=O)[O-])CC(O[N+](=O)[O-])[N+](=O)[O-])ccc2c1. The number of ether oxygens (including phenoxy) is 2. The van der Waals surface area contributed by atoms with E-state index in [1.807, 2.05) is 0 Å². The van der Waals surface area contributed by atoms with Crippen molar-refractivity contribution in [2.45, 2.75) is 31.1 Å². The van der Waals surface area contributed by atoms with Gasteiger partial charge in [0, 0.05) is 6.54 Å². The molecule has 0 aliphatic carbocycles. The number of esters is 1. The quantitative estimate of drug-likeness (QED) is 0.187. The van der Waals surface area contributed by atoms with Crippen LogP contribution in [0.1, 0.15) is 24.8 Å². The molecule has 3 atom stereocenters. The Balaban J connectivity index is 2.31. The van der Waals surface area contributed by atoms with Crippen LogP contribution >= 0.6 is 0 Å². The maximum Gasteiger partial charge on any atom is 0.359 e. The van der Waals surface area contributed by atoms with E-state index in [9.17, 15) is 35.1 Å². The summed E-state index contributed by atoms with van der Waals surface area (Å²) in [5.74, 6) is -1.23. The van der Waals surface area contributed by atoms with Crippen LogP contribution in [0.2, 0.25) is 0 Å². The number of benzene rings is 2. The lowest BCUT2D eigenvalue weighted by Crippen LogP contribution is -2.51. The van der Waals surface area contributed by atoms with Gasteiger partial charge in [0.15, 0.2) is 5.60 Å². The van der Waals surface area contributed by atoms with Crippen LogP contribution in [0.15, 0.2) is 36.4 Å². The molecule has 0 aliphatic rings. The molecule has 15 heteroatoms. The van der Waals surface area contributed by atoms with Gasteiger partial charge < -0.3 is 20.0 Å². The Hall–Kier alpha value is -4.27. The van der Waals surface area contributed by atoms with Gasteiger partial charge in [-0.1, -0.05) is 24.3 Å². The number of nitrogens with zero attached hydrogens (tertiary/aromatic N) is 3. The van der Waals surface area contributed by atoms with Gasteiger partial charge in [0.25, 0.3) is 5.09 Å². The number of rotatable bonds is 13. The average Bonchev–Trinajstić information content (AvgIpc) is 2.80. The summed E-state index contributed by atoms with van der Waals surface area (Å²) in [5.41, 5.74) is 3.98. The first-order valence-corrected chi connectivity index (χ1v) is 9.73. The lowest BCUT2D eigenvalue weighted by molar-refractivity contribution is -0.827. The van der Waals surface area contributed by atoms with Crippen molar-refractivity contribution >= 4 is 16.7 Å². The monoisotopic (exact) mass is 482 g/mol. The minimum Gasteiger partial charge on any atom is -0.497 e. The molecule has 0 amide bonds. The number of nitrogens with two attached hydrogens (primary N) is 1. The number of carbonyl (C=O) groups excluding carboxylic acids is 1. The van der Waals surface area contributed by atoms with Crippen molar-refractivity contribution in [3.63, 3.8) is 0 Å². The van der Waals surface area contributed by atoms with Crippen molar-refractivity contribution in [1.29, 1.82) is 0 Å². The van der Waals surface area contributed by atoms with Crippen molar-refractivity contribution in [2.24, 2.45) is 5.73 Å². The third-order valence-corrected chi connectivity index (χ3v) is 5.04. The van der Waals surface area contributed by atoms with Crippen LogP contribution in [-0.2, 0) is 19.2 Å². The predicted octanol–water partition coefficient (Wildman–Crippen LogP) is 1.60. The van der Waals surface area contributed by atoms with E-state index in [0.717, 1.165) is 10.8 Å². The van der Waals surface area contributed by atoms with Gasteiger partial charge in [-0.3, -0.25) is 14.9 Å². The zero-order chi connectivity index (χ0) is 25.5. The predicted molar refractivity (Wildman–Crippen MR) is 113 cm³/mol. The Labute approximate surface area is 191 Å². The summed E-state index contributed by atoms with van der Waals surface area (Å²) in [6.07, 6.45) is -3.28. The van der Waals surface area contributed by atoms with Gasteiger partial charge in [-0.15, -0.1) is 20.2 Å². The van der Waals surface area contributed by atoms with E-state index in [4.69, 9.17) is 15.2 Å². The summed E-state index contributed by atoms with van der Waals surface area (Å²) in [6, 6.07) is 10.4. The van der Waals surface area contributed by atoms with Gasteiger partial charge in [0.1, 0.15) is 12.4 Å². The number of nitro groups is 1. The van der Waals surface area contributed by atoms with Crippen LogP contribution in [0, 0.1) is 30.3 Å². The smallest absolute Gasteiger partial charge is 0.359 e. The summed E-state index contributed by atoms with van der Waals surface area (Å²) in [4.78, 5) is 52.5. The lowest BCUT2D eigenvalue weighted by atomic mass is 9.96. The highest BCUT2D eigenvalue weighted by Crippen LogP contribution is 2.28. The second kappa shape index (κ2) is 11.0. The fourth-order valence-electron chi connectivity index (χ4n) is 3.13. The van der Waals surface area contributed by atoms with Gasteiger partial charge in [0.05, 0.1) is 24.4 Å². The van der Waals surface area contributed by atoms with Crippen LogP contribution in [0.4, 0.5) is 0 Å². The van der Waals surface area contributed by atoms with Crippen LogP contribution in [0.3, 0.4) is 0 Å². The first-order chi connectivity index (χ1) is 16.0. The zero-order valence-electron chi connectivity index (χ0n) is 18.1. The number of hydrogen-bond donors (Lipinski definition) is 1. The number of methoxy groups -OCH3 is 1. The Morgan fingerprint density at radius 3 is 2.26 bits per heavy atom. The van der Waals surface area contributed by atoms with Crippen molar-refractivity contribution in [2.75, 3.05) is 20.3 Å². The highest BCUT2D eigenvalue weighted by molar-refractivity contribution is 5.87. The summed E-state index contributed by atoms with van der Waals surface area (Å²) < 4.78 is 10.5. The first kappa shape index (κ1) is 26.0. The van der Waals surface area contributed by atoms with Crippen LogP contribution in [0.25, 0.3) is 10.8 Å². The molecule has 0 aromatic heterocycles. The van der Waals surface area contributed by atoms with E-state index in [0.29, 0.717) is 11.3 Å². The lowest BCUT2D eigenvalue weighted by Gasteiger charge is -2.32. The van der Waals surface area contributed by atoms with Crippen LogP contribution in [-0.4, -0.2) is 53.2 Å². The molecule has 0 radical (unpaired) electrons. The van der Waals surface area contributed by atoms with E-state index in [-0.39, 0.29) is 0 Å². The normalized spacial score (nSPS) is 14.3. The molecule has 2 rings (SSSR count). The molecule has 0 heterocycles. The molecule has 2 aromatic rings. The second-order valence-corrected chi connectivity index (χ2v) is 7.27.